The number of amides is 2. The molecule has 1 aromatic carbocycles. The third-order valence-electron chi connectivity index (χ3n) is 4.84. The van der Waals surface area contributed by atoms with Crippen molar-refractivity contribution >= 4 is 34.1 Å². The average molecular weight is 471 g/mol. The minimum Gasteiger partial charge on any atom is -0.485 e. The van der Waals surface area contributed by atoms with E-state index >= 15 is 0 Å². The van der Waals surface area contributed by atoms with Crippen molar-refractivity contribution in [2.24, 2.45) is 5.73 Å². The van der Waals surface area contributed by atoms with E-state index in [4.69, 9.17) is 19.6 Å². The molecule has 8 nitrogen and oxygen atoms in total. The van der Waals surface area contributed by atoms with Crippen LogP contribution in [0.15, 0.2) is 34.7 Å². The highest BCUT2D eigenvalue weighted by atomic mass is 32.1. The fourth-order valence-corrected chi connectivity index (χ4v) is 4.15. The van der Waals surface area contributed by atoms with E-state index in [0.717, 1.165) is 28.2 Å². The Kier molecular flexibility index (Phi) is 7.55. The zero-order valence-electron chi connectivity index (χ0n) is 18.9. The second kappa shape index (κ2) is 10.4. The van der Waals surface area contributed by atoms with Crippen LogP contribution in [0.3, 0.4) is 0 Å². The first-order chi connectivity index (χ1) is 15.7. The van der Waals surface area contributed by atoms with Crippen LogP contribution < -0.4 is 15.8 Å². The number of ether oxygens (including phenoxy) is 2. The van der Waals surface area contributed by atoms with Crippen molar-refractivity contribution < 1.29 is 28.3 Å². The topological polar surface area (TPSA) is 121 Å². The molecule has 3 aromatic rings. The fourth-order valence-electron chi connectivity index (χ4n) is 3.10. The summed E-state index contributed by atoms with van der Waals surface area (Å²) < 4.78 is 16.6. The van der Waals surface area contributed by atoms with E-state index in [0.29, 0.717) is 17.7 Å². The lowest BCUT2D eigenvalue weighted by Gasteiger charge is -2.08. The summed E-state index contributed by atoms with van der Waals surface area (Å²) in [6.07, 6.45) is 0.638. The number of nitrogens with one attached hydrogen (secondary N) is 1. The van der Waals surface area contributed by atoms with Gasteiger partial charge in [-0.1, -0.05) is 19.1 Å². The van der Waals surface area contributed by atoms with Gasteiger partial charge < -0.3 is 24.9 Å². The SMILES string of the molecule is CCCOC(=O)c1c(NC(=O)c2ccc(COc3cc(C)ccc3C)o2)sc(C(N)=O)c1C. The molecule has 0 fully saturated rings. The van der Waals surface area contributed by atoms with Crippen LogP contribution >= 0.6 is 11.3 Å². The molecule has 174 valence electrons. The lowest BCUT2D eigenvalue weighted by molar-refractivity contribution is 0.0506. The maximum Gasteiger partial charge on any atom is 0.341 e. The molecule has 2 amide bonds. The number of esters is 1. The van der Waals surface area contributed by atoms with Crippen LogP contribution in [0.2, 0.25) is 0 Å². The predicted molar refractivity (Wildman–Crippen MR) is 125 cm³/mol. The third kappa shape index (κ3) is 5.61. The van der Waals surface area contributed by atoms with Gasteiger partial charge in [0.25, 0.3) is 11.8 Å². The average Bonchev–Trinajstić information content (AvgIpc) is 3.37. The van der Waals surface area contributed by atoms with Gasteiger partial charge in [-0.3, -0.25) is 9.59 Å². The van der Waals surface area contributed by atoms with Crippen LogP contribution in [-0.2, 0) is 11.3 Å². The van der Waals surface area contributed by atoms with E-state index in [2.05, 4.69) is 5.32 Å². The predicted octanol–water partition coefficient (Wildman–Crippen LogP) is 4.76. The van der Waals surface area contributed by atoms with Crippen molar-refractivity contribution in [3.8, 4) is 5.75 Å². The number of hydrogen-bond donors (Lipinski definition) is 2. The third-order valence-corrected chi connectivity index (χ3v) is 6.06. The highest BCUT2D eigenvalue weighted by Crippen LogP contribution is 2.34. The number of rotatable bonds is 9. The zero-order valence-corrected chi connectivity index (χ0v) is 19.8. The minimum atomic E-state index is -0.689. The number of nitrogens with two attached hydrogens (primary N) is 1. The van der Waals surface area contributed by atoms with Crippen molar-refractivity contribution in [2.75, 3.05) is 11.9 Å². The van der Waals surface area contributed by atoms with Crippen molar-refractivity contribution in [1.82, 2.24) is 0 Å². The first-order valence-electron chi connectivity index (χ1n) is 10.4. The molecule has 0 bridgehead atoms. The summed E-state index contributed by atoms with van der Waals surface area (Å²) in [7, 11) is 0. The van der Waals surface area contributed by atoms with Crippen molar-refractivity contribution in [1.29, 1.82) is 0 Å². The Labute approximate surface area is 195 Å². The summed E-state index contributed by atoms with van der Waals surface area (Å²) in [6, 6.07) is 9.06. The van der Waals surface area contributed by atoms with E-state index in [1.807, 2.05) is 39.0 Å². The van der Waals surface area contributed by atoms with Gasteiger partial charge in [0, 0.05) is 0 Å². The van der Waals surface area contributed by atoms with Gasteiger partial charge in [0.1, 0.15) is 23.1 Å². The second-order valence-electron chi connectivity index (χ2n) is 7.54. The molecule has 3 rings (SSSR count). The zero-order chi connectivity index (χ0) is 24.1. The molecule has 0 unspecified atom stereocenters. The number of anilines is 1. The summed E-state index contributed by atoms with van der Waals surface area (Å²) in [5, 5.41) is 2.82. The molecule has 0 aliphatic carbocycles. The first kappa shape index (κ1) is 24.1. The molecule has 9 heteroatoms. The van der Waals surface area contributed by atoms with Crippen molar-refractivity contribution in [2.45, 2.75) is 40.7 Å². The fraction of sp³-hybridized carbons (Fsp3) is 0.292. The van der Waals surface area contributed by atoms with Crippen LogP contribution in [0, 0.1) is 20.8 Å². The van der Waals surface area contributed by atoms with Crippen LogP contribution in [0.5, 0.6) is 5.75 Å². The Morgan fingerprint density at radius 1 is 1.12 bits per heavy atom. The maximum absolute atomic E-state index is 12.8. The Bertz CT molecular complexity index is 1190. The molecule has 0 aliphatic heterocycles. The number of benzene rings is 1. The molecule has 0 saturated heterocycles. The van der Waals surface area contributed by atoms with Crippen LogP contribution in [0.25, 0.3) is 0 Å². The van der Waals surface area contributed by atoms with Crippen molar-refractivity contribution in [3.63, 3.8) is 0 Å². The van der Waals surface area contributed by atoms with Gasteiger partial charge in [0.15, 0.2) is 5.76 Å². The second-order valence-corrected chi connectivity index (χ2v) is 8.56. The van der Waals surface area contributed by atoms with Crippen LogP contribution in [-0.4, -0.2) is 24.4 Å². The molecular weight excluding hydrogens is 444 g/mol. The smallest absolute Gasteiger partial charge is 0.341 e. The van der Waals surface area contributed by atoms with Gasteiger partial charge in [-0.15, -0.1) is 11.3 Å². The Morgan fingerprint density at radius 3 is 2.58 bits per heavy atom. The maximum atomic E-state index is 12.8. The lowest BCUT2D eigenvalue weighted by atomic mass is 10.1. The summed E-state index contributed by atoms with van der Waals surface area (Å²) in [4.78, 5) is 37.2. The standard InChI is InChI=1S/C24H26N2O6S/c1-5-10-30-24(29)19-15(4)20(21(25)27)33-23(19)26-22(28)17-9-8-16(32-17)12-31-18-11-13(2)6-7-14(18)3/h6-9,11H,5,10,12H2,1-4H3,(H2,25,27)(H,26,28). The Hall–Kier alpha value is -3.59. The molecule has 33 heavy (non-hydrogen) atoms. The molecule has 0 aliphatic rings. The first-order valence-corrected chi connectivity index (χ1v) is 11.2. The molecular formula is C24H26N2O6S. The van der Waals surface area contributed by atoms with Crippen LogP contribution in [0.4, 0.5) is 5.00 Å². The number of carbonyl (C=O) groups is 3. The number of hydrogen-bond acceptors (Lipinski definition) is 7. The lowest BCUT2D eigenvalue weighted by Crippen LogP contribution is -2.15. The van der Waals surface area contributed by atoms with Crippen LogP contribution in [0.1, 0.15) is 66.4 Å². The normalized spacial score (nSPS) is 10.7. The molecule has 2 aromatic heterocycles. The van der Waals surface area contributed by atoms with Gasteiger partial charge in [-0.25, -0.2) is 4.79 Å². The van der Waals surface area contributed by atoms with Gasteiger partial charge in [-0.05, 0) is 62.1 Å². The molecule has 0 atom stereocenters. The van der Waals surface area contributed by atoms with E-state index in [-0.39, 0.29) is 34.4 Å². The molecule has 2 heterocycles. The monoisotopic (exact) mass is 470 g/mol. The summed E-state index contributed by atoms with van der Waals surface area (Å²) in [6.45, 7) is 7.74. The number of carbonyl (C=O) groups excluding carboxylic acids is 3. The number of thiophene rings is 1. The summed E-state index contributed by atoms with van der Waals surface area (Å²) >= 11 is 0.923. The Balaban J connectivity index is 1.75. The summed E-state index contributed by atoms with van der Waals surface area (Å²) in [5.74, 6) is -0.657. The quantitative estimate of drug-likeness (QED) is 0.435. The molecule has 3 N–H and O–H groups in total. The number of primary amides is 1. The molecule has 0 spiro atoms. The largest absolute Gasteiger partial charge is 0.485 e. The minimum absolute atomic E-state index is 0.0362. The molecule has 0 radical (unpaired) electrons. The highest BCUT2D eigenvalue weighted by Gasteiger charge is 2.26. The van der Waals surface area contributed by atoms with Gasteiger partial charge in [0.2, 0.25) is 0 Å². The number of aryl methyl sites for hydroxylation is 2. The van der Waals surface area contributed by atoms with Gasteiger partial charge in [0.05, 0.1) is 17.0 Å². The van der Waals surface area contributed by atoms with Gasteiger partial charge in [-0.2, -0.15) is 0 Å². The van der Waals surface area contributed by atoms with Crippen molar-refractivity contribution in [3.05, 3.63) is 69.0 Å². The Morgan fingerprint density at radius 2 is 1.88 bits per heavy atom. The van der Waals surface area contributed by atoms with E-state index < -0.39 is 17.8 Å². The van der Waals surface area contributed by atoms with E-state index in [9.17, 15) is 14.4 Å². The molecule has 0 saturated carbocycles. The van der Waals surface area contributed by atoms with E-state index in [1.54, 1.807) is 13.0 Å². The highest BCUT2D eigenvalue weighted by molar-refractivity contribution is 7.18. The van der Waals surface area contributed by atoms with Gasteiger partial charge >= 0.3 is 5.97 Å². The number of furan rings is 1. The van der Waals surface area contributed by atoms with E-state index in [1.165, 1.54) is 6.07 Å². The summed E-state index contributed by atoms with van der Waals surface area (Å²) in [5.41, 5.74) is 7.96.